The van der Waals surface area contributed by atoms with Gasteiger partial charge in [-0.2, -0.15) is 0 Å². The minimum absolute atomic E-state index is 0.0743. The zero-order valence-electron chi connectivity index (χ0n) is 21.0. The number of carboxylic acid groups (broad SMARTS) is 1. The first-order valence-corrected chi connectivity index (χ1v) is 12.5. The second kappa shape index (κ2) is 10.8. The molecule has 0 radical (unpaired) electrons. The molecule has 0 atom stereocenters. The van der Waals surface area contributed by atoms with Crippen molar-refractivity contribution in [2.24, 2.45) is 11.8 Å². The van der Waals surface area contributed by atoms with Gasteiger partial charge in [0.05, 0.1) is 5.02 Å². The fourth-order valence-electron chi connectivity index (χ4n) is 4.56. The van der Waals surface area contributed by atoms with Gasteiger partial charge in [-0.1, -0.05) is 11.6 Å². The van der Waals surface area contributed by atoms with Crippen LogP contribution in [0, 0.1) is 11.8 Å². The zero-order valence-corrected chi connectivity index (χ0v) is 21.7. The summed E-state index contributed by atoms with van der Waals surface area (Å²) in [5, 5.41) is 15.5. The van der Waals surface area contributed by atoms with Crippen LogP contribution in [0.4, 0.5) is 16.3 Å². The van der Waals surface area contributed by atoms with Crippen molar-refractivity contribution in [3.05, 3.63) is 47.4 Å². The molecule has 0 saturated heterocycles. The molecule has 3 aromatic rings. The van der Waals surface area contributed by atoms with Gasteiger partial charge in [-0.3, -0.25) is 14.6 Å². The Morgan fingerprint density at radius 3 is 2.46 bits per heavy atom. The van der Waals surface area contributed by atoms with Gasteiger partial charge in [0.25, 0.3) is 5.91 Å². The van der Waals surface area contributed by atoms with Crippen LogP contribution in [0.3, 0.4) is 0 Å². The van der Waals surface area contributed by atoms with Crippen molar-refractivity contribution < 1.29 is 23.9 Å². The smallest absolute Gasteiger partial charge is 0.407 e. The molecule has 0 unspecified atom stereocenters. The third-order valence-electron chi connectivity index (χ3n) is 6.57. The van der Waals surface area contributed by atoms with Gasteiger partial charge in [-0.25, -0.2) is 9.78 Å². The number of amides is 3. The monoisotopic (exact) mass is 527 g/mol. The molecule has 4 rings (SSSR count). The number of furan rings is 1. The molecule has 3 N–H and O–H groups in total. The predicted molar refractivity (Wildman–Crippen MR) is 140 cm³/mol. The third kappa shape index (κ3) is 6.19. The first kappa shape index (κ1) is 26.4. The van der Waals surface area contributed by atoms with E-state index in [1.807, 2.05) is 20.8 Å². The van der Waals surface area contributed by atoms with Crippen molar-refractivity contribution >= 4 is 52.1 Å². The van der Waals surface area contributed by atoms with E-state index in [0.717, 1.165) is 12.8 Å². The topological polar surface area (TPSA) is 138 Å². The second-order valence-corrected chi connectivity index (χ2v) is 10.7. The molecule has 1 aliphatic carbocycles. The SMILES string of the molecule is CC(C)(C)N(C[C@H]1CC[C@H](C(=O)Nc2c(C(=O)Nc3ccc(Cl)cn3)oc3cccnc23)CC1)C(=O)O. The number of rotatable bonds is 6. The zero-order chi connectivity index (χ0) is 26.7. The summed E-state index contributed by atoms with van der Waals surface area (Å²) in [6, 6.07) is 6.51. The predicted octanol–water partition coefficient (Wildman–Crippen LogP) is 5.65. The number of pyridine rings is 2. The highest BCUT2D eigenvalue weighted by Gasteiger charge is 2.33. The molecule has 10 nitrogen and oxygen atoms in total. The molecule has 196 valence electrons. The van der Waals surface area contributed by atoms with Gasteiger partial charge >= 0.3 is 6.09 Å². The summed E-state index contributed by atoms with van der Waals surface area (Å²) in [6.45, 7) is 6.06. The first-order valence-electron chi connectivity index (χ1n) is 12.1. The van der Waals surface area contributed by atoms with Crippen molar-refractivity contribution in [2.45, 2.75) is 52.0 Å². The molecule has 37 heavy (non-hydrogen) atoms. The summed E-state index contributed by atoms with van der Waals surface area (Å²) in [6.07, 6.45) is 4.74. The van der Waals surface area contributed by atoms with E-state index in [2.05, 4.69) is 20.6 Å². The summed E-state index contributed by atoms with van der Waals surface area (Å²) >= 11 is 5.86. The van der Waals surface area contributed by atoms with E-state index in [0.29, 0.717) is 35.5 Å². The van der Waals surface area contributed by atoms with Gasteiger partial charge in [0.1, 0.15) is 17.0 Å². The van der Waals surface area contributed by atoms with Crippen molar-refractivity contribution in [1.82, 2.24) is 14.9 Å². The van der Waals surface area contributed by atoms with Crippen molar-refractivity contribution in [2.75, 3.05) is 17.2 Å². The van der Waals surface area contributed by atoms with E-state index in [1.165, 1.54) is 11.1 Å². The van der Waals surface area contributed by atoms with Crippen LogP contribution in [0.25, 0.3) is 11.1 Å². The lowest BCUT2D eigenvalue weighted by atomic mass is 9.81. The van der Waals surface area contributed by atoms with Crippen LogP contribution >= 0.6 is 11.6 Å². The maximum absolute atomic E-state index is 13.2. The van der Waals surface area contributed by atoms with Gasteiger partial charge in [-0.15, -0.1) is 0 Å². The standard InChI is InChI=1S/C26H30ClN5O5/c1-26(2,3)32(25(35)36)14-15-6-8-16(9-7-15)23(33)31-21-20-18(5-4-12-28-20)37-22(21)24(34)30-19-11-10-17(27)13-29-19/h4-5,10-13,15-16H,6-9,14H2,1-3H3,(H,31,33)(H,35,36)(H,29,30,34)/t15-,16-. The number of fused-ring (bicyclic) bond motifs is 1. The van der Waals surface area contributed by atoms with E-state index in [1.54, 1.807) is 30.5 Å². The maximum atomic E-state index is 13.2. The molecule has 0 aliphatic heterocycles. The molecule has 3 aromatic heterocycles. The summed E-state index contributed by atoms with van der Waals surface area (Å²) in [4.78, 5) is 47.8. The van der Waals surface area contributed by atoms with E-state index in [4.69, 9.17) is 16.0 Å². The highest BCUT2D eigenvalue weighted by Crippen LogP contribution is 2.34. The number of carbonyl (C=O) groups is 3. The summed E-state index contributed by atoms with van der Waals surface area (Å²) in [5.74, 6) is -0.686. The highest BCUT2D eigenvalue weighted by atomic mass is 35.5. The van der Waals surface area contributed by atoms with Crippen LogP contribution in [0.5, 0.6) is 0 Å². The van der Waals surface area contributed by atoms with Gasteiger partial charge < -0.3 is 25.1 Å². The lowest BCUT2D eigenvalue weighted by Gasteiger charge is -2.37. The first-order chi connectivity index (χ1) is 17.5. The molecular formula is C26H30ClN5O5. The van der Waals surface area contributed by atoms with Gasteiger partial charge in [0.15, 0.2) is 5.58 Å². The van der Waals surface area contributed by atoms with Crippen LogP contribution in [0.1, 0.15) is 57.0 Å². The molecule has 3 amide bonds. The Hall–Kier alpha value is -3.66. The van der Waals surface area contributed by atoms with E-state index in [-0.39, 0.29) is 35.0 Å². The molecule has 1 fully saturated rings. The number of halogens is 1. The molecule has 1 aliphatic rings. The van der Waals surface area contributed by atoms with Gasteiger partial charge in [0.2, 0.25) is 11.7 Å². The quantitative estimate of drug-likeness (QED) is 0.376. The van der Waals surface area contributed by atoms with Crippen LogP contribution in [-0.4, -0.2) is 50.0 Å². The lowest BCUT2D eigenvalue weighted by Crippen LogP contribution is -2.47. The minimum atomic E-state index is -0.939. The van der Waals surface area contributed by atoms with E-state index < -0.39 is 17.5 Å². The van der Waals surface area contributed by atoms with E-state index in [9.17, 15) is 19.5 Å². The van der Waals surface area contributed by atoms with Crippen molar-refractivity contribution in [3.8, 4) is 0 Å². The number of nitrogens with zero attached hydrogens (tertiary/aromatic N) is 3. The molecule has 11 heteroatoms. The molecule has 0 aromatic carbocycles. The Kier molecular flexibility index (Phi) is 7.68. The molecule has 1 saturated carbocycles. The summed E-state index contributed by atoms with van der Waals surface area (Å²) < 4.78 is 5.76. The number of aromatic nitrogens is 2. The lowest BCUT2D eigenvalue weighted by molar-refractivity contribution is -0.121. The fraction of sp³-hybridized carbons (Fsp3) is 0.423. The Labute approximate surface area is 219 Å². The Bertz CT molecular complexity index is 1290. The van der Waals surface area contributed by atoms with Gasteiger partial charge in [-0.05, 0) is 76.6 Å². The fourth-order valence-corrected chi connectivity index (χ4v) is 4.67. The number of hydrogen-bond acceptors (Lipinski definition) is 6. The summed E-state index contributed by atoms with van der Waals surface area (Å²) in [7, 11) is 0. The Balaban J connectivity index is 1.46. The molecular weight excluding hydrogens is 498 g/mol. The van der Waals surface area contributed by atoms with Crippen molar-refractivity contribution in [1.29, 1.82) is 0 Å². The summed E-state index contributed by atoms with van der Waals surface area (Å²) in [5.41, 5.74) is 0.458. The van der Waals surface area contributed by atoms with Crippen molar-refractivity contribution in [3.63, 3.8) is 0 Å². The maximum Gasteiger partial charge on any atom is 0.407 e. The van der Waals surface area contributed by atoms with Gasteiger partial charge in [0, 0.05) is 30.4 Å². The third-order valence-corrected chi connectivity index (χ3v) is 6.79. The van der Waals surface area contributed by atoms with Crippen LogP contribution in [0.2, 0.25) is 5.02 Å². The highest BCUT2D eigenvalue weighted by molar-refractivity contribution is 6.30. The van der Waals surface area contributed by atoms with Crippen LogP contribution in [0.15, 0.2) is 41.1 Å². The van der Waals surface area contributed by atoms with Crippen LogP contribution < -0.4 is 10.6 Å². The average Bonchev–Trinajstić information content (AvgIpc) is 3.22. The number of anilines is 2. The largest absolute Gasteiger partial charge is 0.465 e. The number of nitrogens with one attached hydrogen (secondary N) is 2. The second-order valence-electron chi connectivity index (χ2n) is 10.2. The Morgan fingerprint density at radius 2 is 1.84 bits per heavy atom. The normalized spacial score (nSPS) is 17.8. The molecule has 0 bridgehead atoms. The number of hydrogen-bond donors (Lipinski definition) is 3. The molecule has 3 heterocycles. The Morgan fingerprint density at radius 1 is 1.11 bits per heavy atom. The van der Waals surface area contributed by atoms with E-state index >= 15 is 0 Å². The minimum Gasteiger partial charge on any atom is -0.465 e. The average molecular weight is 528 g/mol. The van der Waals surface area contributed by atoms with Crippen LogP contribution in [-0.2, 0) is 4.79 Å². The number of carbonyl (C=O) groups excluding carboxylic acids is 2. The molecule has 0 spiro atoms.